The van der Waals surface area contributed by atoms with Crippen LogP contribution in [0.15, 0.2) is 0 Å². The number of hydrogen-bond donors (Lipinski definition) is 4. The first-order valence-corrected chi connectivity index (χ1v) is 7.54. The fourth-order valence-corrected chi connectivity index (χ4v) is 2.53. The lowest BCUT2D eigenvalue weighted by Crippen LogP contribution is -2.54. The SMILES string of the molecule is CCOC(=O)[C@@H](CO)N(Cl)C(C)C[C@@H]1OC[C@@H](O)C(O)[C@H]1O. The number of aliphatic hydroxyl groups excluding tert-OH is 4. The van der Waals surface area contributed by atoms with E-state index in [4.69, 9.17) is 21.3 Å². The largest absolute Gasteiger partial charge is 0.465 e. The summed E-state index contributed by atoms with van der Waals surface area (Å²) < 4.78 is 11.2. The Morgan fingerprint density at radius 3 is 2.59 bits per heavy atom. The fourth-order valence-electron chi connectivity index (χ4n) is 2.31. The van der Waals surface area contributed by atoms with Crippen LogP contribution in [0.25, 0.3) is 0 Å². The maximum atomic E-state index is 11.7. The van der Waals surface area contributed by atoms with E-state index in [0.717, 1.165) is 4.42 Å². The van der Waals surface area contributed by atoms with E-state index < -0.39 is 49.1 Å². The Kier molecular flexibility index (Phi) is 7.98. The summed E-state index contributed by atoms with van der Waals surface area (Å²) in [6.07, 6.45) is -4.24. The second-order valence-corrected chi connectivity index (χ2v) is 5.69. The molecular formula is C13H24ClNO7. The lowest BCUT2D eigenvalue weighted by Gasteiger charge is -2.38. The second-order valence-electron chi connectivity index (χ2n) is 5.30. The maximum absolute atomic E-state index is 11.7. The van der Waals surface area contributed by atoms with Gasteiger partial charge in [-0.1, -0.05) is 0 Å². The predicted octanol–water partition coefficient (Wildman–Crippen LogP) is -1.37. The second kappa shape index (κ2) is 8.97. The molecule has 1 aliphatic rings. The molecule has 4 N–H and O–H groups in total. The minimum absolute atomic E-state index is 0.0980. The van der Waals surface area contributed by atoms with Crippen LogP contribution in [0.1, 0.15) is 20.3 Å². The van der Waals surface area contributed by atoms with Gasteiger partial charge in [0.15, 0.2) is 0 Å². The van der Waals surface area contributed by atoms with Gasteiger partial charge in [-0.15, -0.1) is 0 Å². The molecule has 0 aromatic heterocycles. The first-order chi connectivity index (χ1) is 10.3. The highest BCUT2D eigenvalue weighted by Gasteiger charge is 2.39. The zero-order valence-electron chi connectivity index (χ0n) is 12.6. The quantitative estimate of drug-likeness (QED) is 0.330. The number of nitrogens with zero attached hydrogens (tertiary/aromatic N) is 1. The molecule has 0 aliphatic carbocycles. The summed E-state index contributed by atoms with van der Waals surface area (Å²) in [6, 6.07) is -1.49. The Morgan fingerprint density at radius 1 is 1.41 bits per heavy atom. The Labute approximate surface area is 134 Å². The van der Waals surface area contributed by atoms with E-state index >= 15 is 0 Å². The van der Waals surface area contributed by atoms with Crippen LogP contribution in [0.2, 0.25) is 0 Å². The Hall–Kier alpha value is -0.480. The van der Waals surface area contributed by atoms with Crippen LogP contribution in [0, 0.1) is 0 Å². The highest BCUT2D eigenvalue weighted by atomic mass is 35.5. The van der Waals surface area contributed by atoms with Crippen molar-refractivity contribution in [3.05, 3.63) is 0 Å². The molecule has 0 saturated carbocycles. The third-order valence-corrected chi connectivity index (χ3v) is 4.20. The van der Waals surface area contributed by atoms with E-state index in [9.17, 15) is 25.2 Å². The van der Waals surface area contributed by atoms with Crippen molar-refractivity contribution >= 4 is 17.7 Å². The van der Waals surface area contributed by atoms with Crippen molar-refractivity contribution in [2.45, 2.75) is 56.8 Å². The van der Waals surface area contributed by atoms with Crippen LogP contribution in [-0.4, -0.2) is 87.1 Å². The first kappa shape index (κ1) is 19.6. The summed E-state index contributed by atoms with van der Waals surface area (Å²) in [4.78, 5) is 11.7. The summed E-state index contributed by atoms with van der Waals surface area (Å²) in [5.74, 6) is -0.646. The molecule has 0 amide bonds. The molecule has 0 radical (unpaired) electrons. The standard InChI is InChI=1S/C13H24ClNO7/c1-3-21-13(20)8(5-16)15(14)7(2)4-10-12(19)11(18)9(17)6-22-10/h7-12,16-19H,3-6H2,1-2H3/t7?,8-,9-,10+,11?,12+/m1/s1. The average Bonchev–Trinajstić information content (AvgIpc) is 2.48. The minimum atomic E-state index is -1.30. The molecule has 22 heavy (non-hydrogen) atoms. The number of carbonyl (C=O) groups excluding carboxylic acids is 1. The molecule has 1 rings (SSSR count). The van der Waals surface area contributed by atoms with Crippen molar-refractivity contribution in [2.75, 3.05) is 19.8 Å². The molecule has 1 aliphatic heterocycles. The van der Waals surface area contributed by atoms with Gasteiger partial charge in [-0.05, 0) is 32.0 Å². The van der Waals surface area contributed by atoms with Crippen LogP contribution in [0.4, 0.5) is 0 Å². The van der Waals surface area contributed by atoms with E-state index in [0.29, 0.717) is 0 Å². The van der Waals surface area contributed by atoms with E-state index in [-0.39, 0.29) is 19.6 Å². The van der Waals surface area contributed by atoms with Gasteiger partial charge in [-0.2, -0.15) is 0 Å². The average molecular weight is 342 g/mol. The third kappa shape index (κ3) is 4.76. The van der Waals surface area contributed by atoms with Crippen LogP contribution in [0.5, 0.6) is 0 Å². The van der Waals surface area contributed by atoms with Crippen molar-refractivity contribution in [2.24, 2.45) is 0 Å². The number of halogens is 1. The molecule has 9 heteroatoms. The molecule has 2 unspecified atom stereocenters. The predicted molar refractivity (Wildman–Crippen MR) is 77.0 cm³/mol. The van der Waals surface area contributed by atoms with Gasteiger partial charge < -0.3 is 29.9 Å². The topological polar surface area (TPSA) is 120 Å². The number of rotatable bonds is 7. The highest BCUT2D eigenvalue weighted by molar-refractivity contribution is 6.15. The van der Waals surface area contributed by atoms with Gasteiger partial charge in [0.25, 0.3) is 0 Å². The zero-order valence-corrected chi connectivity index (χ0v) is 13.4. The van der Waals surface area contributed by atoms with Gasteiger partial charge in [0.2, 0.25) is 0 Å². The molecule has 1 fully saturated rings. The number of hydrogen-bond acceptors (Lipinski definition) is 8. The molecule has 8 nitrogen and oxygen atoms in total. The van der Waals surface area contributed by atoms with E-state index in [1.807, 2.05) is 0 Å². The van der Waals surface area contributed by atoms with E-state index in [1.54, 1.807) is 13.8 Å². The molecule has 0 aromatic rings. The summed E-state index contributed by atoms with van der Waals surface area (Å²) in [5.41, 5.74) is 0. The van der Waals surface area contributed by atoms with Gasteiger partial charge in [-0.3, -0.25) is 4.79 Å². The highest BCUT2D eigenvalue weighted by Crippen LogP contribution is 2.23. The van der Waals surface area contributed by atoms with Crippen molar-refractivity contribution < 1.29 is 34.7 Å². The summed E-state index contributed by atoms with van der Waals surface area (Å²) in [6.45, 7) is 2.89. The molecule has 1 heterocycles. The zero-order chi connectivity index (χ0) is 16.9. The van der Waals surface area contributed by atoms with Crippen LogP contribution in [-0.2, 0) is 14.3 Å². The summed E-state index contributed by atoms with van der Waals surface area (Å²) in [7, 11) is 0. The molecule has 1 saturated heterocycles. The monoisotopic (exact) mass is 341 g/mol. The first-order valence-electron chi connectivity index (χ1n) is 7.20. The maximum Gasteiger partial charge on any atom is 0.327 e. The molecule has 0 aromatic carbocycles. The smallest absolute Gasteiger partial charge is 0.327 e. The van der Waals surface area contributed by atoms with Crippen molar-refractivity contribution in [3.63, 3.8) is 0 Å². The van der Waals surface area contributed by atoms with E-state index in [2.05, 4.69) is 0 Å². The fraction of sp³-hybridized carbons (Fsp3) is 0.923. The Balaban J connectivity index is 2.62. The molecular weight excluding hydrogens is 318 g/mol. The van der Waals surface area contributed by atoms with Crippen molar-refractivity contribution in [3.8, 4) is 0 Å². The number of carbonyl (C=O) groups is 1. The number of ether oxygens (including phenoxy) is 2. The molecule has 0 bridgehead atoms. The lowest BCUT2D eigenvalue weighted by atomic mass is 9.95. The van der Waals surface area contributed by atoms with Gasteiger partial charge in [0.1, 0.15) is 24.4 Å². The van der Waals surface area contributed by atoms with Crippen LogP contribution < -0.4 is 0 Å². The van der Waals surface area contributed by atoms with Gasteiger partial charge in [0.05, 0.1) is 25.9 Å². The van der Waals surface area contributed by atoms with Crippen LogP contribution in [0.3, 0.4) is 0 Å². The van der Waals surface area contributed by atoms with Crippen molar-refractivity contribution in [1.29, 1.82) is 0 Å². The normalized spacial score (nSPS) is 31.8. The summed E-state index contributed by atoms with van der Waals surface area (Å²) in [5, 5.41) is 38.2. The molecule has 130 valence electrons. The minimum Gasteiger partial charge on any atom is -0.465 e. The summed E-state index contributed by atoms with van der Waals surface area (Å²) >= 11 is 6.08. The van der Waals surface area contributed by atoms with Gasteiger partial charge >= 0.3 is 5.97 Å². The van der Waals surface area contributed by atoms with Crippen molar-refractivity contribution in [1.82, 2.24) is 4.42 Å². The number of aliphatic hydroxyl groups is 4. The number of esters is 1. The van der Waals surface area contributed by atoms with Gasteiger partial charge in [-0.25, -0.2) is 4.42 Å². The Bertz CT molecular complexity index is 359. The van der Waals surface area contributed by atoms with Gasteiger partial charge in [0, 0.05) is 6.04 Å². The third-order valence-electron chi connectivity index (χ3n) is 3.63. The van der Waals surface area contributed by atoms with Crippen LogP contribution >= 0.6 is 11.8 Å². The van der Waals surface area contributed by atoms with E-state index in [1.165, 1.54) is 0 Å². The molecule has 0 spiro atoms. The molecule has 6 atom stereocenters. The lowest BCUT2D eigenvalue weighted by molar-refractivity contribution is -0.191. The Morgan fingerprint density at radius 2 is 2.05 bits per heavy atom.